The minimum atomic E-state index is 0.233. The van der Waals surface area contributed by atoms with Crippen LogP contribution in [0.2, 0.25) is 0 Å². The van der Waals surface area contributed by atoms with Crippen molar-refractivity contribution in [3.8, 4) is 0 Å². The lowest BCUT2D eigenvalue weighted by atomic mass is 10.1. The molecule has 1 aromatic rings. The number of hydrogen-bond acceptors (Lipinski definition) is 3. The Hall–Kier alpha value is -0.540. The van der Waals surface area contributed by atoms with Gasteiger partial charge in [-0.2, -0.15) is 0 Å². The largest absolute Gasteiger partial charge is 0.297 e. The molecule has 0 amide bonds. The summed E-state index contributed by atoms with van der Waals surface area (Å²) in [5.41, 5.74) is 1.38. The molecule has 0 N–H and O–H groups in total. The maximum atomic E-state index is 4.61. The van der Waals surface area contributed by atoms with Gasteiger partial charge < -0.3 is 0 Å². The van der Waals surface area contributed by atoms with Crippen LogP contribution in [-0.2, 0) is 0 Å². The Balaban J connectivity index is 2.08. The third kappa shape index (κ3) is 3.48. The molecule has 0 aliphatic carbocycles. The molecule has 0 unspecified atom stereocenters. The zero-order chi connectivity index (χ0) is 13.2. The molecule has 18 heavy (non-hydrogen) atoms. The van der Waals surface area contributed by atoms with Gasteiger partial charge in [0.25, 0.3) is 0 Å². The Labute approximate surface area is 115 Å². The lowest BCUT2D eigenvalue weighted by Gasteiger charge is -2.23. The van der Waals surface area contributed by atoms with Crippen molar-refractivity contribution in [3.63, 3.8) is 0 Å². The molecule has 0 spiro atoms. The van der Waals surface area contributed by atoms with Gasteiger partial charge in [0.1, 0.15) is 0 Å². The summed E-state index contributed by atoms with van der Waals surface area (Å²) in [6.45, 7) is 11.3. The molecule has 1 aliphatic rings. The van der Waals surface area contributed by atoms with Crippen molar-refractivity contribution in [2.45, 2.75) is 56.4 Å². The van der Waals surface area contributed by atoms with Crippen LogP contribution >= 0.6 is 11.8 Å². The highest BCUT2D eigenvalue weighted by Crippen LogP contribution is 2.34. The summed E-state index contributed by atoms with van der Waals surface area (Å²) in [6, 6.07) is 5.04. The average Bonchev–Trinajstić information content (AvgIpc) is 2.76. The molecule has 1 atom stereocenters. The van der Waals surface area contributed by atoms with E-state index in [4.69, 9.17) is 0 Å². The number of pyridine rings is 1. The van der Waals surface area contributed by atoms with Crippen molar-refractivity contribution >= 4 is 11.8 Å². The van der Waals surface area contributed by atoms with Crippen molar-refractivity contribution in [2.75, 3.05) is 13.1 Å². The molecule has 1 aromatic heterocycles. The van der Waals surface area contributed by atoms with Gasteiger partial charge in [0.05, 0.1) is 5.03 Å². The molecule has 0 saturated carbocycles. The van der Waals surface area contributed by atoms with Crippen LogP contribution in [0.4, 0.5) is 0 Å². The monoisotopic (exact) mass is 264 g/mol. The molecule has 2 rings (SSSR count). The molecule has 1 aliphatic heterocycles. The lowest BCUT2D eigenvalue weighted by molar-refractivity contribution is 0.271. The van der Waals surface area contributed by atoms with Crippen molar-refractivity contribution in [3.05, 3.63) is 23.9 Å². The van der Waals surface area contributed by atoms with E-state index in [2.05, 4.69) is 55.9 Å². The highest BCUT2D eigenvalue weighted by molar-refractivity contribution is 8.00. The molecule has 1 fully saturated rings. The van der Waals surface area contributed by atoms with Crippen LogP contribution in [0.3, 0.4) is 0 Å². The van der Waals surface area contributed by atoms with Gasteiger partial charge in [-0.15, -0.1) is 11.8 Å². The Kier molecular flexibility index (Phi) is 4.33. The summed E-state index contributed by atoms with van der Waals surface area (Å²) in [4.78, 5) is 7.16. The van der Waals surface area contributed by atoms with Crippen LogP contribution in [0.1, 0.15) is 52.1 Å². The number of likely N-dealkylation sites (tertiary alicyclic amines) is 1. The molecule has 100 valence electrons. The predicted molar refractivity (Wildman–Crippen MR) is 79.1 cm³/mol. The fraction of sp³-hybridized carbons (Fsp3) is 0.667. The minimum Gasteiger partial charge on any atom is -0.297 e. The fourth-order valence-corrected chi connectivity index (χ4v) is 3.41. The van der Waals surface area contributed by atoms with Crippen molar-refractivity contribution in [1.82, 2.24) is 9.88 Å². The fourth-order valence-electron chi connectivity index (χ4n) is 2.55. The number of nitrogens with zero attached hydrogens (tertiary/aromatic N) is 2. The van der Waals surface area contributed by atoms with E-state index < -0.39 is 0 Å². The number of thioether (sulfide) groups is 1. The maximum Gasteiger partial charge on any atom is 0.0965 e. The van der Waals surface area contributed by atoms with Crippen LogP contribution in [0.15, 0.2) is 23.4 Å². The standard InChI is InChI=1S/C15H24N2S/c1-5-17-10-6-7-13(17)12-8-9-14(16-11-12)18-15(2,3)4/h8-9,11,13H,5-7,10H2,1-4H3/t13-/m0/s1. The van der Waals surface area contributed by atoms with Crippen LogP contribution < -0.4 is 0 Å². The Morgan fingerprint density at radius 3 is 2.72 bits per heavy atom. The van der Waals surface area contributed by atoms with Gasteiger partial charge in [-0.25, -0.2) is 4.98 Å². The molecule has 3 heteroatoms. The summed E-state index contributed by atoms with van der Waals surface area (Å²) < 4.78 is 0.233. The lowest BCUT2D eigenvalue weighted by Crippen LogP contribution is -2.22. The van der Waals surface area contributed by atoms with Crippen molar-refractivity contribution < 1.29 is 0 Å². The van der Waals surface area contributed by atoms with Crippen LogP contribution in [-0.4, -0.2) is 27.7 Å². The van der Waals surface area contributed by atoms with E-state index >= 15 is 0 Å². The van der Waals surface area contributed by atoms with E-state index in [-0.39, 0.29) is 4.75 Å². The number of hydrogen-bond donors (Lipinski definition) is 0. The summed E-state index contributed by atoms with van der Waals surface area (Å²) in [7, 11) is 0. The summed E-state index contributed by atoms with van der Waals surface area (Å²) in [6.07, 6.45) is 4.67. The smallest absolute Gasteiger partial charge is 0.0965 e. The molecular formula is C15H24N2S. The molecular weight excluding hydrogens is 240 g/mol. The van der Waals surface area contributed by atoms with Gasteiger partial charge in [0, 0.05) is 17.0 Å². The normalized spacial score (nSPS) is 21.4. The van der Waals surface area contributed by atoms with E-state index in [1.807, 2.05) is 11.8 Å². The first-order valence-electron chi connectivity index (χ1n) is 6.88. The summed E-state index contributed by atoms with van der Waals surface area (Å²) in [5, 5.41) is 1.13. The second kappa shape index (κ2) is 5.62. The van der Waals surface area contributed by atoms with Gasteiger partial charge in [0.15, 0.2) is 0 Å². The first-order valence-corrected chi connectivity index (χ1v) is 7.70. The highest BCUT2D eigenvalue weighted by Gasteiger charge is 2.24. The van der Waals surface area contributed by atoms with Gasteiger partial charge in [0.2, 0.25) is 0 Å². The highest BCUT2D eigenvalue weighted by atomic mass is 32.2. The Bertz CT molecular complexity index is 380. The average molecular weight is 264 g/mol. The van der Waals surface area contributed by atoms with E-state index in [9.17, 15) is 0 Å². The molecule has 1 saturated heterocycles. The summed E-state index contributed by atoms with van der Waals surface area (Å²) in [5.74, 6) is 0. The number of aromatic nitrogens is 1. The topological polar surface area (TPSA) is 16.1 Å². The predicted octanol–water partition coefficient (Wildman–Crippen LogP) is 4.13. The first kappa shape index (κ1) is 13.9. The van der Waals surface area contributed by atoms with E-state index in [1.54, 1.807) is 0 Å². The Morgan fingerprint density at radius 1 is 1.39 bits per heavy atom. The first-order chi connectivity index (χ1) is 8.49. The molecule has 0 bridgehead atoms. The van der Waals surface area contributed by atoms with Gasteiger partial charge in [-0.1, -0.05) is 33.8 Å². The maximum absolute atomic E-state index is 4.61. The second-order valence-electron chi connectivity index (χ2n) is 5.93. The minimum absolute atomic E-state index is 0.233. The molecule has 2 heterocycles. The second-order valence-corrected chi connectivity index (χ2v) is 7.78. The zero-order valence-electron chi connectivity index (χ0n) is 11.9. The zero-order valence-corrected chi connectivity index (χ0v) is 12.8. The van der Waals surface area contributed by atoms with Gasteiger partial charge in [-0.05, 0) is 37.6 Å². The van der Waals surface area contributed by atoms with E-state index in [0.717, 1.165) is 11.6 Å². The van der Waals surface area contributed by atoms with E-state index in [1.165, 1.54) is 24.9 Å². The van der Waals surface area contributed by atoms with Gasteiger partial charge >= 0.3 is 0 Å². The third-order valence-electron chi connectivity index (χ3n) is 3.32. The Morgan fingerprint density at radius 2 is 2.17 bits per heavy atom. The van der Waals surface area contributed by atoms with Crippen LogP contribution in [0, 0.1) is 0 Å². The number of rotatable bonds is 3. The van der Waals surface area contributed by atoms with Crippen molar-refractivity contribution in [2.24, 2.45) is 0 Å². The summed E-state index contributed by atoms with van der Waals surface area (Å²) >= 11 is 1.83. The third-order valence-corrected chi connectivity index (χ3v) is 4.39. The SMILES string of the molecule is CCN1CCC[C@H]1c1ccc(SC(C)(C)C)nc1. The van der Waals surface area contributed by atoms with Crippen LogP contribution in [0.5, 0.6) is 0 Å². The molecule has 0 aromatic carbocycles. The molecule has 2 nitrogen and oxygen atoms in total. The quantitative estimate of drug-likeness (QED) is 0.764. The molecule has 0 radical (unpaired) electrons. The van der Waals surface area contributed by atoms with E-state index in [0.29, 0.717) is 6.04 Å². The van der Waals surface area contributed by atoms with Crippen molar-refractivity contribution in [1.29, 1.82) is 0 Å². The van der Waals surface area contributed by atoms with Gasteiger partial charge in [-0.3, -0.25) is 4.90 Å². The van der Waals surface area contributed by atoms with Crippen LogP contribution in [0.25, 0.3) is 0 Å².